The number of nitrogens with zero attached hydrogens (tertiary/aromatic N) is 2. The van der Waals surface area contributed by atoms with Gasteiger partial charge in [0, 0.05) is 6.07 Å². The standard InChI is InChI=1S/C20H18F3N3O3/c1-12-10-18(24-19(27)14-11-13(28-2)8-9-17(14)29-3)26(25-12)16-7-5-4-6-15(16)20(21,22)23/h4-11H,1-3H3,(H,24,27). The van der Waals surface area contributed by atoms with Crippen LogP contribution in [0.3, 0.4) is 0 Å². The van der Waals surface area contributed by atoms with Crippen molar-refractivity contribution in [2.75, 3.05) is 19.5 Å². The lowest BCUT2D eigenvalue weighted by molar-refractivity contribution is -0.137. The summed E-state index contributed by atoms with van der Waals surface area (Å²) >= 11 is 0. The number of aryl methyl sites for hydroxylation is 1. The molecule has 0 aliphatic rings. The van der Waals surface area contributed by atoms with Crippen molar-refractivity contribution < 1.29 is 27.4 Å². The van der Waals surface area contributed by atoms with E-state index in [1.807, 2.05) is 0 Å². The molecule has 0 aliphatic carbocycles. The highest BCUT2D eigenvalue weighted by Crippen LogP contribution is 2.35. The third kappa shape index (κ3) is 4.18. The van der Waals surface area contributed by atoms with Gasteiger partial charge in [0.2, 0.25) is 0 Å². The van der Waals surface area contributed by atoms with Gasteiger partial charge in [-0.3, -0.25) is 4.79 Å². The zero-order chi connectivity index (χ0) is 21.2. The SMILES string of the molecule is COc1ccc(OC)c(C(=O)Nc2cc(C)nn2-c2ccccc2C(F)(F)F)c1. The number of ether oxygens (including phenoxy) is 2. The Balaban J connectivity index is 2.03. The van der Waals surface area contributed by atoms with Crippen LogP contribution in [0.25, 0.3) is 5.69 Å². The number of aromatic nitrogens is 2. The second kappa shape index (κ2) is 7.86. The molecule has 1 N–H and O–H groups in total. The van der Waals surface area contributed by atoms with Gasteiger partial charge >= 0.3 is 6.18 Å². The third-order valence-electron chi connectivity index (χ3n) is 4.16. The van der Waals surface area contributed by atoms with Gasteiger partial charge in [0.15, 0.2) is 0 Å². The van der Waals surface area contributed by atoms with Crippen LogP contribution in [0.5, 0.6) is 11.5 Å². The Labute approximate surface area is 164 Å². The van der Waals surface area contributed by atoms with E-state index < -0.39 is 17.6 Å². The molecule has 3 aromatic rings. The first-order chi connectivity index (χ1) is 13.7. The Kier molecular flexibility index (Phi) is 5.49. The molecule has 152 valence electrons. The number of para-hydroxylation sites is 1. The molecular weight excluding hydrogens is 387 g/mol. The van der Waals surface area contributed by atoms with Crippen molar-refractivity contribution >= 4 is 11.7 Å². The third-order valence-corrected chi connectivity index (χ3v) is 4.16. The quantitative estimate of drug-likeness (QED) is 0.680. The molecule has 1 amide bonds. The number of methoxy groups -OCH3 is 2. The summed E-state index contributed by atoms with van der Waals surface area (Å²) in [5.74, 6) is 0.241. The topological polar surface area (TPSA) is 65.4 Å². The van der Waals surface area contributed by atoms with E-state index in [4.69, 9.17) is 9.47 Å². The molecule has 0 fully saturated rings. The molecule has 0 unspecified atom stereocenters. The van der Waals surface area contributed by atoms with Gasteiger partial charge in [-0.25, -0.2) is 4.68 Å². The Hall–Kier alpha value is -3.49. The molecule has 2 aromatic carbocycles. The van der Waals surface area contributed by atoms with Gasteiger partial charge in [-0.05, 0) is 37.3 Å². The van der Waals surface area contributed by atoms with Crippen LogP contribution < -0.4 is 14.8 Å². The maximum absolute atomic E-state index is 13.4. The van der Waals surface area contributed by atoms with Crippen molar-refractivity contribution in [3.63, 3.8) is 0 Å². The van der Waals surface area contributed by atoms with Crippen molar-refractivity contribution in [3.05, 3.63) is 65.4 Å². The average molecular weight is 405 g/mol. The average Bonchev–Trinajstić information content (AvgIpc) is 3.06. The van der Waals surface area contributed by atoms with Crippen LogP contribution in [0.1, 0.15) is 21.6 Å². The van der Waals surface area contributed by atoms with Gasteiger partial charge in [-0.2, -0.15) is 18.3 Å². The van der Waals surface area contributed by atoms with Gasteiger partial charge in [0.1, 0.15) is 17.3 Å². The molecule has 1 aromatic heterocycles. The molecule has 0 aliphatic heterocycles. The summed E-state index contributed by atoms with van der Waals surface area (Å²) in [4.78, 5) is 12.8. The highest BCUT2D eigenvalue weighted by Gasteiger charge is 2.34. The summed E-state index contributed by atoms with van der Waals surface area (Å²) in [7, 11) is 2.86. The second-order valence-electron chi connectivity index (χ2n) is 6.12. The summed E-state index contributed by atoms with van der Waals surface area (Å²) < 4.78 is 51.7. The number of nitrogens with one attached hydrogen (secondary N) is 1. The smallest absolute Gasteiger partial charge is 0.418 e. The number of anilines is 1. The molecule has 29 heavy (non-hydrogen) atoms. The molecule has 6 nitrogen and oxygen atoms in total. The van der Waals surface area contributed by atoms with Crippen LogP contribution in [-0.4, -0.2) is 29.9 Å². The van der Waals surface area contributed by atoms with Crippen molar-refractivity contribution in [2.45, 2.75) is 13.1 Å². The predicted molar refractivity (Wildman–Crippen MR) is 101 cm³/mol. The number of alkyl halides is 3. The zero-order valence-electron chi connectivity index (χ0n) is 15.9. The largest absolute Gasteiger partial charge is 0.497 e. The minimum absolute atomic E-state index is 0.0917. The van der Waals surface area contributed by atoms with Crippen LogP contribution in [0, 0.1) is 6.92 Å². The van der Waals surface area contributed by atoms with E-state index in [-0.39, 0.29) is 17.1 Å². The van der Waals surface area contributed by atoms with Crippen molar-refractivity contribution in [1.82, 2.24) is 9.78 Å². The second-order valence-corrected chi connectivity index (χ2v) is 6.12. The molecule has 0 radical (unpaired) electrons. The zero-order valence-corrected chi connectivity index (χ0v) is 15.9. The maximum atomic E-state index is 13.4. The van der Waals surface area contributed by atoms with E-state index in [1.54, 1.807) is 19.1 Å². The predicted octanol–water partition coefficient (Wildman–Crippen LogP) is 4.47. The number of carbonyl (C=O) groups is 1. The number of hydrogen-bond acceptors (Lipinski definition) is 4. The summed E-state index contributed by atoms with van der Waals surface area (Å²) in [6, 6.07) is 11.2. The van der Waals surface area contributed by atoms with Crippen molar-refractivity contribution in [1.29, 1.82) is 0 Å². The lowest BCUT2D eigenvalue weighted by Crippen LogP contribution is -2.18. The van der Waals surface area contributed by atoms with E-state index in [0.29, 0.717) is 17.2 Å². The van der Waals surface area contributed by atoms with Crippen LogP contribution >= 0.6 is 0 Å². The first-order valence-electron chi connectivity index (χ1n) is 8.51. The minimum atomic E-state index is -4.58. The van der Waals surface area contributed by atoms with E-state index in [0.717, 1.165) is 10.7 Å². The lowest BCUT2D eigenvalue weighted by Gasteiger charge is -2.15. The van der Waals surface area contributed by atoms with Gasteiger partial charge in [-0.1, -0.05) is 12.1 Å². The molecule has 0 saturated heterocycles. The summed E-state index contributed by atoms with van der Waals surface area (Å²) in [5.41, 5.74) is -0.449. The minimum Gasteiger partial charge on any atom is -0.497 e. The van der Waals surface area contributed by atoms with E-state index in [9.17, 15) is 18.0 Å². The molecule has 0 saturated carbocycles. The lowest BCUT2D eigenvalue weighted by atomic mass is 10.1. The fourth-order valence-corrected chi connectivity index (χ4v) is 2.85. The number of benzene rings is 2. The van der Waals surface area contributed by atoms with Crippen molar-refractivity contribution in [2.24, 2.45) is 0 Å². The Morgan fingerprint density at radius 1 is 1.07 bits per heavy atom. The van der Waals surface area contributed by atoms with Crippen LogP contribution in [0.4, 0.5) is 19.0 Å². The van der Waals surface area contributed by atoms with Crippen LogP contribution in [-0.2, 0) is 6.18 Å². The van der Waals surface area contributed by atoms with Gasteiger partial charge in [-0.15, -0.1) is 0 Å². The highest BCUT2D eigenvalue weighted by atomic mass is 19.4. The Bertz CT molecular complexity index is 1040. The molecule has 3 rings (SSSR count). The Morgan fingerprint density at radius 3 is 2.45 bits per heavy atom. The van der Waals surface area contributed by atoms with Gasteiger partial charge in [0.25, 0.3) is 5.91 Å². The molecule has 0 spiro atoms. The Morgan fingerprint density at radius 2 is 1.79 bits per heavy atom. The first kappa shape index (κ1) is 20.2. The van der Waals surface area contributed by atoms with Crippen LogP contribution in [0.2, 0.25) is 0 Å². The molecular formula is C20H18F3N3O3. The highest BCUT2D eigenvalue weighted by molar-refractivity contribution is 6.06. The van der Waals surface area contributed by atoms with Crippen molar-refractivity contribution in [3.8, 4) is 17.2 Å². The number of carbonyl (C=O) groups excluding carboxylic acids is 1. The number of amides is 1. The van der Waals surface area contributed by atoms with Crippen LogP contribution in [0.15, 0.2) is 48.5 Å². The van der Waals surface area contributed by atoms with E-state index >= 15 is 0 Å². The van der Waals surface area contributed by atoms with E-state index in [1.165, 1.54) is 44.6 Å². The normalized spacial score (nSPS) is 11.2. The summed E-state index contributed by atoms with van der Waals surface area (Å²) in [5, 5.41) is 6.73. The van der Waals surface area contributed by atoms with Gasteiger partial charge < -0.3 is 14.8 Å². The number of rotatable bonds is 5. The maximum Gasteiger partial charge on any atom is 0.418 e. The number of hydrogen-bond donors (Lipinski definition) is 1. The summed E-state index contributed by atoms with van der Waals surface area (Å²) in [6.45, 7) is 1.62. The summed E-state index contributed by atoms with van der Waals surface area (Å²) in [6.07, 6.45) is -4.58. The van der Waals surface area contributed by atoms with E-state index in [2.05, 4.69) is 10.4 Å². The molecule has 1 heterocycles. The molecule has 9 heteroatoms. The first-order valence-corrected chi connectivity index (χ1v) is 8.51. The fourth-order valence-electron chi connectivity index (χ4n) is 2.85. The van der Waals surface area contributed by atoms with Gasteiger partial charge in [0.05, 0.1) is 36.7 Å². The molecule has 0 bridgehead atoms. The fraction of sp³-hybridized carbons (Fsp3) is 0.200. The monoisotopic (exact) mass is 405 g/mol. The molecule has 0 atom stereocenters. The number of halogens is 3.